The van der Waals surface area contributed by atoms with Crippen molar-refractivity contribution < 1.29 is 19.0 Å². The molecule has 0 saturated heterocycles. The molecule has 5 rings (SSSR count). The molecule has 39 heavy (non-hydrogen) atoms. The van der Waals surface area contributed by atoms with E-state index in [1.165, 1.54) is 0 Å². The Labute approximate surface area is 227 Å². The molecular weight excluding hydrogens is 492 g/mol. The molecule has 1 amide bonds. The van der Waals surface area contributed by atoms with Gasteiger partial charge in [-0.05, 0) is 67.9 Å². The average Bonchev–Trinajstić information content (AvgIpc) is 3.39. The third kappa shape index (κ3) is 6.01. The first kappa shape index (κ1) is 25.8. The van der Waals surface area contributed by atoms with Crippen LogP contribution in [0.4, 0.5) is 5.69 Å². The van der Waals surface area contributed by atoms with Crippen LogP contribution in [0.3, 0.4) is 0 Å². The van der Waals surface area contributed by atoms with Crippen LogP contribution in [-0.2, 0) is 13.7 Å². The standard InChI is InChI=1S/C31H30N4O4/c1-4-37-29-15-10-21(16-30(29)38-5-2)20-39-24-13-11-23(12-14-24)33-31(36)26-17-28(22-18-32-35(3)19-22)34-27-9-7-6-8-25(26)27/h6-19H,4-5,20H2,1-3H3,(H,33,36). The molecule has 1 N–H and O–H groups in total. The third-order valence-corrected chi connectivity index (χ3v) is 6.09. The minimum absolute atomic E-state index is 0.217. The molecule has 8 heteroatoms. The van der Waals surface area contributed by atoms with E-state index < -0.39 is 0 Å². The number of aromatic nitrogens is 3. The number of hydrogen-bond acceptors (Lipinski definition) is 6. The quantitative estimate of drug-likeness (QED) is 0.233. The highest BCUT2D eigenvalue weighted by molar-refractivity contribution is 6.13. The van der Waals surface area contributed by atoms with Gasteiger partial charge in [0.05, 0.1) is 36.2 Å². The van der Waals surface area contributed by atoms with E-state index in [1.807, 2.05) is 93.8 Å². The van der Waals surface area contributed by atoms with Gasteiger partial charge in [0.15, 0.2) is 11.5 Å². The predicted octanol–water partition coefficient (Wildman–Crippen LogP) is 6.26. The Hall–Kier alpha value is -4.85. The fourth-order valence-electron chi connectivity index (χ4n) is 4.25. The molecule has 2 heterocycles. The van der Waals surface area contributed by atoms with Gasteiger partial charge in [0.25, 0.3) is 5.91 Å². The van der Waals surface area contributed by atoms with Gasteiger partial charge in [-0.2, -0.15) is 5.10 Å². The molecule has 0 bridgehead atoms. The predicted molar refractivity (Wildman–Crippen MR) is 151 cm³/mol. The number of hydrogen-bond donors (Lipinski definition) is 1. The van der Waals surface area contributed by atoms with E-state index in [1.54, 1.807) is 16.9 Å². The van der Waals surface area contributed by atoms with Gasteiger partial charge in [-0.25, -0.2) is 4.98 Å². The van der Waals surface area contributed by atoms with Crippen molar-refractivity contribution in [3.63, 3.8) is 0 Å². The van der Waals surface area contributed by atoms with Gasteiger partial charge in [-0.3, -0.25) is 9.48 Å². The Morgan fingerprint density at radius 3 is 2.41 bits per heavy atom. The maximum absolute atomic E-state index is 13.4. The van der Waals surface area contributed by atoms with Crippen LogP contribution in [-0.4, -0.2) is 33.9 Å². The maximum Gasteiger partial charge on any atom is 0.256 e. The Kier molecular flexibility index (Phi) is 7.73. The molecule has 0 fully saturated rings. The SMILES string of the molecule is CCOc1ccc(COc2ccc(NC(=O)c3cc(-c4cnn(C)c4)nc4ccccc34)cc2)cc1OCC. The topological polar surface area (TPSA) is 87.5 Å². The molecule has 0 aliphatic carbocycles. The molecule has 0 aliphatic heterocycles. The van der Waals surface area contributed by atoms with Crippen molar-refractivity contribution in [2.45, 2.75) is 20.5 Å². The second kappa shape index (κ2) is 11.7. The number of nitrogens with zero attached hydrogens (tertiary/aromatic N) is 3. The molecule has 8 nitrogen and oxygen atoms in total. The summed E-state index contributed by atoms with van der Waals surface area (Å²) in [4.78, 5) is 18.1. The zero-order chi connectivity index (χ0) is 27.2. The molecule has 0 radical (unpaired) electrons. The van der Waals surface area contributed by atoms with Gasteiger partial charge in [-0.1, -0.05) is 24.3 Å². The second-order valence-corrected chi connectivity index (χ2v) is 8.89. The van der Waals surface area contributed by atoms with Crippen molar-refractivity contribution in [3.05, 3.63) is 96.3 Å². The minimum atomic E-state index is -0.217. The summed E-state index contributed by atoms with van der Waals surface area (Å²) < 4.78 is 19.0. The van der Waals surface area contributed by atoms with Gasteiger partial charge in [0.1, 0.15) is 12.4 Å². The molecule has 3 aromatic carbocycles. The minimum Gasteiger partial charge on any atom is -0.490 e. The van der Waals surface area contributed by atoms with Crippen LogP contribution in [0.5, 0.6) is 17.2 Å². The Morgan fingerprint density at radius 2 is 1.67 bits per heavy atom. The van der Waals surface area contributed by atoms with Crippen molar-refractivity contribution in [1.82, 2.24) is 14.8 Å². The Morgan fingerprint density at radius 1 is 0.897 bits per heavy atom. The number of rotatable bonds is 10. The van der Waals surface area contributed by atoms with Gasteiger partial charge in [0, 0.05) is 29.9 Å². The van der Waals surface area contributed by atoms with E-state index >= 15 is 0 Å². The lowest BCUT2D eigenvalue weighted by Crippen LogP contribution is -2.13. The summed E-state index contributed by atoms with van der Waals surface area (Å²) in [7, 11) is 1.85. The monoisotopic (exact) mass is 522 g/mol. The summed E-state index contributed by atoms with van der Waals surface area (Å²) in [6.45, 7) is 5.38. The zero-order valence-electron chi connectivity index (χ0n) is 22.2. The van der Waals surface area contributed by atoms with Crippen molar-refractivity contribution in [1.29, 1.82) is 0 Å². The van der Waals surface area contributed by atoms with Crippen LogP contribution in [0.25, 0.3) is 22.2 Å². The van der Waals surface area contributed by atoms with Crippen LogP contribution in [0, 0.1) is 0 Å². The lowest BCUT2D eigenvalue weighted by molar-refractivity contribution is 0.102. The average molecular weight is 523 g/mol. The number of ether oxygens (including phenoxy) is 3. The van der Waals surface area contributed by atoms with Crippen LogP contribution in [0.1, 0.15) is 29.8 Å². The molecule has 0 saturated carbocycles. The van der Waals surface area contributed by atoms with E-state index in [9.17, 15) is 4.79 Å². The number of nitrogens with one attached hydrogen (secondary N) is 1. The number of amides is 1. The highest BCUT2D eigenvalue weighted by Crippen LogP contribution is 2.29. The van der Waals surface area contributed by atoms with Crippen LogP contribution < -0.4 is 19.5 Å². The molecule has 198 valence electrons. The normalized spacial score (nSPS) is 10.8. The first-order valence-corrected chi connectivity index (χ1v) is 12.9. The van der Waals surface area contributed by atoms with Gasteiger partial charge in [-0.15, -0.1) is 0 Å². The summed E-state index contributed by atoms with van der Waals surface area (Å²) in [6.07, 6.45) is 3.62. The summed E-state index contributed by atoms with van der Waals surface area (Å²) in [6, 6.07) is 22.5. The molecule has 0 spiro atoms. The molecule has 0 unspecified atom stereocenters. The number of pyridine rings is 1. The lowest BCUT2D eigenvalue weighted by atomic mass is 10.0. The highest BCUT2D eigenvalue weighted by atomic mass is 16.5. The first-order chi connectivity index (χ1) is 19.0. The second-order valence-electron chi connectivity index (χ2n) is 8.89. The lowest BCUT2D eigenvalue weighted by Gasteiger charge is -2.13. The number of fused-ring (bicyclic) bond motifs is 1. The molecule has 0 aliphatic rings. The van der Waals surface area contributed by atoms with E-state index in [2.05, 4.69) is 10.4 Å². The van der Waals surface area contributed by atoms with Crippen molar-refractivity contribution in [2.75, 3.05) is 18.5 Å². The van der Waals surface area contributed by atoms with Crippen molar-refractivity contribution in [2.24, 2.45) is 7.05 Å². The number of para-hydroxylation sites is 1. The van der Waals surface area contributed by atoms with Crippen LogP contribution >= 0.6 is 0 Å². The van der Waals surface area contributed by atoms with Gasteiger partial charge >= 0.3 is 0 Å². The summed E-state index contributed by atoms with van der Waals surface area (Å²) in [5.41, 5.74) is 4.45. The summed E-state index contributed by atoms with van der Waals surface area (Å²) in [5.74, 6) is 1.89. The number of anilines is 1. The number of carbonyl (C=O) groups excluding carboxylic acids is 1. The fourth-order valence-corrected chi connectivity index (χ4v) is 4.25. The van der Waals surface area contributed by atoms with Crippen LogP contribution in [0.2, 0.25) is 0 Å². The number of aryl methyl sites for hydroxylation is 1. The highest BCUT2D eigenvalue weighted by Gasteiger charge is 2.15. The van der Waals surface area contributed by atoms with E-state index in [-0.39, 0.29) is 5.91 Å². The van der Waals surface area contributed by atoms with Crippen LogP contribution in [0.15, 0.2) is 85.2 Å². The van der Waals surface area contributed by atoms with Gasteiger partial charge < -0.3 is 19.5 Å². The summed E-state index contributed by atoms with van der Waals surface area (Å²) in [5, 5.41) is 8.02. The smallest absolute Gasteiger partial charge is 0.256 e. The Balaban J connectivity index is 1.29. The third-order valence-electron chi connectivity index (χ3n) is 6.09. The summed E-state index contributed by atoms with van der Waals surface area (Å²) >= 11 is 0. The van der Waals surface area contributed by atoms with Gasteiger partial charge in [0.2, 0.25) is 0 Å². The molecular formula is C31H30N4O4. The first-order valence-electron chi connectivity index (χ1n) is 12.9. The fraction of sp³-hybridized carbons (Fsp3) is 0.194. The Bertz CT molecular complexity index is 1590. The molecule has 5 aromatic rings. The maximum atomic E-state index is 13.4. The van der Waals surface area contributed by atoms with E-state index in [0.717, 1.165) is 27.8 Å². The van der Waals surface area contributed by atoms with E-state index in [4.69, 9.17) is 19.2 Å². The zero-order valence-corrected chi connectivity index (χ0v) is 22.2. The van der Waals surface area contributed by atoms with Crippen molar-refractivity contribution in [3.8, 4) is 28.5 Å². The molecule has 0 atom stereocenters. The largest absolute Gasteiger partial charge is 0.490 e. The number of benzene rings is 3. The molecule has 2 aromatic heterocycles. The van der Waals surface area contributed by atoms with Crippen molar-refractivity contribution >= 4 is 22.5 Å². The number of carbonyl (C=O) groups is 1. The van der Waals surface area contributed by atoms with E-state index in [0.29, 0.717) is 48.3 Å².